The number of morpholine rings is 1. The van der Waals surface area contributed by atoms with Crippen molar-refractivity contribution >= 4 is 23.0 Å². The number of carbonyl (C=O) groups is 1. The molecule has 0 saturated carbocycles. The highest BCUT2D eigenvalue weighted by Crippen LogP contribution is 2.34. The van der Waals surface area contributed by atoms with E-state index in [-0.39, 0.29) is 11.5 Å². The van der Waals surface area contributed by atoms with Gasteiger partial charge >= 0.3 is 0 Å². The third kappa shape index (κ3) is 3.41. The van der Waals surface area contributed by atoms with Crippen LogP contribution >= 0.6 is 0 Å². The molecule has 31 heavy (non-hydrogen) atoms. The molecule has 0 radical (unpaired) electrons. The van der Waals surface area contributed by atoms with Crippen molar-refractivity contribution in [2.24, 2.45) is 0 Å². The first-order chi connectivity index (χ1) is 15.2. The molecule has 7 heteroatoms. The van der Waals surface area contributed by atoms with Gasteiger partial charge in [0.15, 0.2) is 0 Å². The van der Waals surface area contributed by atoms with Gasteiger partial charge in [-0.25, -0.2) is 4.98 Å². The number of aryl methyl sites for hydroxylation is 1. The highest BCUT2D eigenvalue weighted by atomic mass is 16.5. The van der Waals surface area contributed by atoms with Crippen LogP contribution in [0.25, 0.3) is 28.2 Å². The Morgan fingerprint density at radius 1 is 1.26 bits per heavy atom. The number of benzene rings is 1. The highest BCUT2D eigenvalue weighted by molar-refractivity contribution is 6.03. The predicted molar refractivity (Wildman–Crippen MR) is 120 cm³/mol. The largest absolute Gasteiger partial charge is 0.378 e. The second-order valence-electron chi connectivity index (χ2n) is 7.84. The normalized spacial score (nSPS) is 15.4. The van der Waals surface area contributed by atoms with E-state index < -0.39 is 0 Å². The van der Waals surface area contributed by atoms with Crippen molar-refractivity contribution in [3.8, 4) is 11.1 Å². The molecule has 2 aliphatic rings. The lowest BCUT2D eigenvalue weighted by molar-refractivity contribution is 0.0303. The molecule has 1 N–H and O–H groups in total. The molecule has 1 aliphatic heterocycles. The molecule has 3 heterocycles. The van der Waals surface area contributed by atoms with Crippen LogP contribution in [0.2, 0.25) is 0 Å². The number of nitrogens with one attached hydrogen (secondary N) is 1. The molecule has 0 atom stereocenters. The molecule has 1 saturated heterocycles. The van der Waals surface area contributed by atoms with Gasteiger partial charge in [0, 0.05) is 48.1 Å². The van der Waals surface area contributed by atoms with Crippen LogP contribution in [0.4, 0.5) is 0 Å². The van der Waals surface area contributed by atoms with Crippen LogP contribution in [-0.2, 0) is 17.7 Å². The van der Waals surface area contributed by atoms with E-state index in [9.17, 15) is 9.59 Å². The fourth-order valence-electron chi connectivity index (χ4n) is 4.36. The number of hydrogen-bond donors (Lipinski definition) is 1. The molecular formula is C24H24N4O3. The predicted octanol–water partition coefficient (Wildman–Crippen LogP) is 3.01. The molecule has 0 bridgehead atoms. The Labute approximate surface area is 179 Å². The fraction of sp³-hybridized carbons (Fsp3) is 0.292. The number of carbonyl (C=O) groups excluding carboxylic acids is 1. The average molecular weight is 416 g/mol. The number of imidazole rings is 1. The molecule has 7 nitrogen and oxygen atoms in total. The van der Waals surface area contributed by atoms with E-state index in [1.807, 2.05) is 41.5 Å². The second-order valence-corrected chi connectivity index (χ2v) is 7.84. The van der Waals surface area contributed by atoms with Crippen LogP contribution < -0.4 is 5.56 Å². The number of aromatic amines is 1. The number of H-pyrrole nitrogens is 1. The number of aromatic nitrogens is 3. The zero-order valence-electron chi connectivity index (χ0n) is 17.3. The summed E-state index contributed by atoms with van der Waals surface area (Å²) in [6.07, 6.45) is 10.7. The number of ether oxygens (including phenoxy) is 1. The zero-order valence-corrected chi connectivity index (χ0v) is 17.3. The number of rotatable bonds is 5. The van der Waals surface area contributed by atoms with Gasteiger partial charge in [-0.05, 0) is 30.5 Å². The van der Waals surface area contributed by atoms with Crippen molar-refractivity contribution in [3.63, 3.8) is 0 Å². The Morgan fingerprint density at radius 3 is 2.90 bits per heavy atom. The van der Waals surface area contributed by atoms with Crippen molar-refractivity contribution in [2.45, 2.75) is 19.4 Å². The summed E-state index contributed by atoms with van der Waals surface area (Å²) in [6, 6.07) is 3.76. The van der Waals surface area contributed by atoms with Gasteiger partial charge in [0.2, 0.25) is 0 Å². The highest BCUT2D eigenvalue weighted by Gasteiger charge is 2.23. The standard InChI is InChI=1S/C24H24N4O3/c1-2-3-7-28-14-20(17-5-4-6-18(17)24(28)30)19-12-16(13-21-22(19)26-15-25-21)23(29)27-8-10-31-11-9-27/h2,4-5,12-15H,1,3,6-11H2,(H,25,26). The van der Waals surface area contributed by atoms with E-state index in [0.717, 1.165) is 33.3 Å². The summed E-state index contributed by atoms with van der Waals surface area (Å²) in [6.45, 7) is 6.62. The number of hydrogen-bond acceptors (Lipinski definition) is 4. The average Bonchev–Trinajstić information content (AvgIpc) is 3.48. The van der Waals surface area contributed by atoms with Crippen LogP contribution in [0.15, 0.2) is 48.2 Å². The molecule has 0 unspecified atom stereocenters. The zero-order chi connectivity index (χ0) is 21.4. The first-order valence-corrected chi connectivity index (χ1v) is 10.6. The van der Waals surface area contributed by atoms with E-state index in [4.69, 9.17) is 4.74 Å². The van der Waals surface area contributed by atoms with E-state index in [1.54, 1.807) is 10.9 Å². The van der Waals surface area contributed by atoms with E-state index in [2.05, 4.69) is 16.5 Å². The minimum atomic E-state index is -0.0202. The maximum absolute atomic E-state index is 13.2. The van der Waals surface area contributed by atoms with Gasteiger partial charge < -0.3 is 19.2 Å². The van der Waals surface area contributed by atoms with Gasteiger partial charge in [-0.15, -0.1) is 6.58 Å². The monoisotopic (exact) mass is 416 g/mol. The lowest BCUT2D eigenvalue weighted by Crippen LogP contribution is -2.40. The summed E-state index contributed by atoms with van der Waals surface area (Å²) in [5, 5.41) is 0. The van der Waals surface area contributed by atoms with Crippen LogP contribution in [-0.4, -0.2) is 51.6 Å². The van der Waals surface area contributed by atoms with Crippen LogP contribution in [0.5, 0.6) is 0 Å². The van der Waals surface area contributed by atoms with E-state index >= 15 is 0 Å². The minimum absolute atomic E-state index is 0.0202. The first-order valence-electron chi connectivity index (χ1n) is 10.6. The Kier molecular flexibility index (Phi) is 5.03. The van der Waals surface area contributed by atoms with Gasteiger partial charge in [0.25, 0.3) is 11.5 Å². The van der Waals surface area contributed by atoms with Gasteiger partial charge in [-0.1, -0.05) is 18.2 Å². The quantitative estimate of drug-likeness (QED) is 0.649. The number of fused-ring (bicyclic) bond motifs is 2. The Hall–Kier alpha value is -3.45. The lowest BCUT2D eigenvalue weighted by atomic mass is 9.96. The number of nitrogens with zero attached hydrogens (tertiary/aromatic N) is 3. The fourth-order valence-corrected chi connectivity index (χ4v) is 4.36. The summed E-state index contributed by atoms with van der Waals surface area (Å²) in [4.78, 5) is 35.6. The topological polar surface area (TPSA) is 80.2 Å². The van der Waals surface area contributed by atoms with Crippen LogP contribution in [0.1, 0.15) is 27.9 Å². The van der Waals surface area contributed by atoms with E-state index in [1.165, 1.54) is 0 Å². The molecule has 1 fully saturated rings. The summed E-state index contributed by atoms with van der Waals surface area (Å²) < 4.78 is 7.13. The van der Waals surface area contributed by atoms with Gasteiger partial charge in [0.05, 0.1) is 30.6 Å². The van der Waals surface area contributed by atoms with Gasteiger partial charge in [0.1, 0.15) is 0 Å². The smallest absolute Gasteiger partial charge is 0.254 e. The molecule has 3 aromatic rings. The Morgan fingerprint density at radius 2 is 2.10 bits per heavy atom. The Balaban J connectivity index is 1.68. The van der Waals surface area contributed by atoms with Crippen molar-refractivity contribution in [2.75, 3.05) is 26.3 Å². The molecule has 0 spiro atoms. The molecular weight excluding hydrogens is 392 g/mol. The lowest BCUT2D eigenvalue weighted by Gasteiger charge is -2.27. The first kappa shape index (κ1) is 19.5. The third-order valence-electron chi connectivity index (χ3n) is 5.96. The van der Waals surface area contributed by atoms with Crippen molar-refractivity contribution in [3.05, 3.63) is 70.4 Å². The molecule has 1 aromatic carbocycles. The maximum Gasteiger partial charge on any atom is 0.254 e. The third-order valence-corrected chi connectivity index (χ3v) is 5.96. The Bertz CT molecular complexity index is 1260. The maximum atomic E-state index is 13.2. The SMILES string of the molecule is C=CCCn1cc(-c2cc(C(=O)N3CCOCC3)cc3[nH]cnc23)c2c(c1=O)CC=C2. The van der Waals surface area contributed by atoms with Crippen LogP contribution in [0.3, 0.4) is 0 Å². The van der Waals surface area contributed by atoms with Gasteiger partial charge in [-0.3, -0.25) is 9.59 Å². The van der Waals surface area contributed by atoms with Crippen LogP contribution in [0, 0.1) is 0 Å². The van der Waals surface area contributed by atoms with Crippen molar-refractivity contribution in [1.82, 2.24) is 19.4 Å². The summed E-state index contributed by atoms with van der Waals surface area (Å²) in [7, 11) is 0. The summed E-state index contributed by atoms with van der Waals surface area (Å²) in [5.41, 5.74) is 5.70. The van der Waals surface area contributed by atoms with Gasteiger partial charge in [-0.2, -0.15) is 0 Å². The summed E-state index contributed by atoms with van der Waals surface area (Å²) in [5.74, 6) is -0.0202. The number of allylic oxidation sites excluding steroid dienone is 2. The number of pyridine rings is 1. The minimum Gasteiger partial charge on any atom is -0.378 e. The van der Waals surface area contributed by atoms with E-state index in [0.29, 0.717) is 51.3 Å². The van der Waals surface area contributed by atoms with Crippen molar-refractivity contribution in [1.29, 1.82) is 0 Å². The molecule has 1 aliphatic carbocycles. The summed E-state index contributed by atoms with van der Waals surface area (Å²) >= 11 is 0. The number of amides is 1. The molecule has 158 valence electrons. The van der Waals surface area contributed by atoms with Crippen molar-refractivity contribution < 1.29 is 9.53 Å². The molecule has 1 amide bonds. The molecule has 2 aromatic heterocycles. The molecule has 5 rings (SSSR count). The second kappa shape index (κ2) is 8.00.